The highest BCUT2D eigenvalue weighted by Crippen LogP contribution is 2.19. The fourth-order valence-corrected chi connectivity index (χ4v) is 3.73. The molecule has 0 spiro atoms. The molecule has 158 valence electrons. The highest BCUT2D eigenvalue weighted by molar-refractivity contribution is 7.99. The number of ether oxygens (including phenoxy) is 1. The molecule has 10 heteroatoms. The summed E-state index contributed by atoms with van der Waals surface area (Å²) in [5.41, 5.74) is 2.94. The van der Waals surface area contributed by atoms with Crippen molar-refractivity contribution < 1.29 is 19.4 Å². The van der Waals surface area contributed by atoms with E-state index in [1.165, 1.54) is 16.3 Å². The molecular weight excluding hydrogens is 406 g/mol. The molecule has 30 heavy (non-hydrogen) atoms. The maximum atomic E-state index is 12.2. The lowest BCUT2D eigenvalue weighted by Crippen LogP contribution is -2.27. The number of amides is 1. The Morgan fingerprint density at radius 2 is 2.00 bits per heavy atom. The van der Waals surface area contributed by atoms with Crippen molar-refractivity contribution in [3.63, 3.8) is 0 Å². The summed E-state index contributed by atoms with van der Waals surface area (Å²) >= 11 is 1.21. The van der Waals surface area contributed by atoms with Crippen molar-refractivity contribution >= 4 is 29.4 Å². The standard InChI is InChI=1S/C20H23N5O4S/c1-12-15(10-18(27)28)13(2)25-19(22-12)23-20(24-25)30-11-17(26)21-9-8-14-6-4-5-7-16(14)29-3/h4-7H,8-11H2,1-3H3,(H,21,26)(H,27,28). The summed E-state index contributed by atoms with van der Waals surface area (Å²) in [4.78, 5) is 31.9. The first-order valence-corrected chi connectivity index (χ1v) is 10.3. The Kier molecular flexibility index (Phi) is 6.88. The SMILES string of the molecule is COc1ccccc1CCNC(=O)CSc1nc2nc(C)c(CC(=O)O)c(C)n2n1. The minimum atomic E-state index is -0.929. The van der Waals surface area contributed by atoms with Crippen molar-refractivity contribution in [1.82, 2.24) is 24.9 Å². The number of methoxy groups -OCH3 is 1. The second kappa shape index (κ2) is 9.57. The molecule has 0 bridgehead atoms. The fraction of sp³-hybridized carbons (Fsp3) is 0.350. The fourth-order valence-electron chi connectivity index (χ4n) is 3.09. The molecular formula is C20H23N5O4S. The van der Waals surface area contributed by atoms with Crippen LogP contribution in [0.2, 0.25) is 0 Å². The normalized spacial score (nSPS) is 10.9. The lowest BCUT2D eigenvalue weighted by Gasteiger charge is -2.08. The highest BCUT2D eigenvalue weighted by Gasteiger charge is 2.16. The van der Waals surface area contributed by atoms with Crippen molar-refractivity contribution in [1.29, 1.82) is 0 Å². The number of nitrogens with one attached hydrogen (secondary N) is 1. The summed E-state index contributed by atoms with van der Waals surface area (Å²) in [6.45, 7) is 4.03. The molecule has 0 radical (unpaired) electrons. The molecule has 2 aromatic heterocycles. The number of carbonyl (C=O) groups is 2. The second-order valence-electron chi connectivity index (χ2n) is 6.64. The number of benzene rings is 1. The summed E-state index contributed by atoms with van der Waals surface area (Å²) in [5.74, 6) is 0.305. The molecule has 1 aromatic carbocycles. The van der Waals surface area contributed by atoms with Crippen LogP contribution in [0.1, 0.15) is 22.5 Å². The van der Waals surface area contributed by atoms with Gasteiger partial charge in [0.25, 0.3) is 5.78 Å². The second-order valence-corrected chi connectivity index (χ2v) is 7.58. The summed E-state index contributed by atoms with van der Waals surface area (Å²) in [7, 11) is 1.62. The van der Waals surface area contributed by atoms with Gasteiger partial charge in [-0.1, -0.05) is 30.0 Å². The molecule has 2 heterocycles. The van der Waals surface area contributed by atoms with Crippen molar-refractivity contribution in [2.45, 2.75) is 31.8 Å². The van der Waals surface area contributed by atoms with Crippen LogP contribution in [0.4, 0.5) is 0 Å². The number of carboxylic acid groups (broad SMARTS) is 1. The number of aliphatic carboxylic acids is 1. The first-order valence-electron chi connectivity index (χ1n) is 9.35. The summed E-state index contributed by atoms with van der Waals surface area (Å²) in [5, 5.41) is 16.7. The average molecular weight is 430 g/mol. The summed E-state index contributed by atoms with van der Waals surface area (Å²) in [6, 6.07) is 7.70. The topological polar surface area (TPSA) is 119 Å². The predicted octanol–water partition coefficient (Wildman–Crippen LogP) is 1.83. The Hall–Kier alpha value is -3.14. The lowest BCUT2D eigenvalue weighted by atomic mass is 10.1. The van der Waals surface area contributed by atoms with Crippen LogP contribution in [0.3, 0.4) is 0 Å². The molecule has 0 aliphatic rings. The van der Waals surface area contributed by atoms with Crippen LogP contribution in [0.15, 0.2) is 29.4 Å². The number of rotatable bonds is 9. The van der Waals surface area contributed by atoms with Gasteiger partial charge in [-0.15, -0.1) is 5.10 Å². The third kappa shape index (κ3) is 5.07. The zero-order valence-corrected chi connectivity index (χ0v) is 17.8. The number of hydrogen-bond acceptors (Lipinski definition) is 7. The van der Waals surface area contributed by atoms with E-state index < -0.39 is 5.97 Å². The van der Waals surface area contributed by atoms with Crippen LogP contribution in [0.5, 0.6) is 5.75 Å². The van der Waals surface area contributed by atoms with Crippen LogP contribution in [0, 0.1) is 13.8 Å². The average Bonchev–Trinajstić information content (AvgIpc) is 3.13. The van der Waals surface area contributed by atoms with Gasteiger partial charge in [-0.05, 0) is 31.9 Å². The minimum Gasteiger partial charge on any atom is -0.496 e. The Bertz CT molecular complexity index is 1080. The quantitative estimate of drug-likeness (QED) is 0.495. The van der Waals surface area contributed by atoms with Gasteiger partial charge in [0.15, 0.2) is 0 Å². The van der Waals surface area contributed by atoms with E-state index in [1.807, 2.05) is 24.3 Å². The van der Waals surface area contributed by atoms with Gasteiger partial charge in [-0.2, -0.15) is 4.98 Å². The van der Waals surface area contributed by atoms with E-state index in [0.29, 0.717) is 40.9 Å². The van der Waals surface area contributed by atoms with Crippen molar-refractivity contribution in [2.24, 2.45) is 0 Å². The van der Waals surface area contributed by atoms with E-state index in [2.05, 4.69) is 20.4 Å². The molecule has 0 atom stereocenters. The van der Waals surface area contributed by atoms with Crippen molar-refractivity contribution in [3.8, 4) is 5.75 Å². The van der Waals surface area contributed by atoms with Gasteiger partial charge >= 0.3 is 5.97 Å². The minimum absolute atomic E-state index is 0.124. The number of aryl methyl sites for hydroxylation is 2. The zero-order chi connectivity index (χ0) is 21.7. The van der Waals surface area contributed by atoms with E-state index >= 15 is 0 Å². The number of carbonyl (C=O) groups excluding carboxylic acids is 1. The van der Waals surface area contributed by atoms with E-state index in [4.69, 9.17) is 9.84 Å². The number of aromatic nitrogens is 4. The molecule has 9 nitrogen and oxygen atoms in total. The van der Waals surface area contributed by atoms with E-state index in [-0.39, 0.29) is 18.1 Å². The number of hydrogen-bond donors (Lipinski definition) is 2. The van der Waals surface area contributed by atoms with Crippen LogP contribution in [0.25, 0.3) is 5.78 Å². The smallest absolute Gasteiger partial charge is 0.307 e. The monoisotopic (exact) mass is 429 g/mol. The zero-order valence-electron chi connectivity index (χ0n) is 17.0. The first-order chi connectivity index (χ1) is 14.4. The number of para-hydroxylation sites is 1. The Morgan fingerprint density at radius 3 is 2.73 bits per heavy atom. The molecule has 0 saturated heterocycles. The predicted molar refractivity (Wildman–Crippen MR) is 112 cm³/mol. The number of thioether (sulfide) groups is 1. The van der Waals surface area contributed by atoms with Gasteiger partial charge in [0.2, 0.25) is 11.1 Å². The Morgan fingerprint density at radius 1 is 1.23 bits per heavy atom. The maximum Gasteiger partial charge on any atom is 0.307 e. The molecule has 0 fully saturated rings. The molecule has 0 unspecified atom stereocenters. The van der Waals surface area contributed by atoms with Crippen LogP contribution >= 0.6 is 11.8 Å². The molecule has 0 aliphatic heterocycles. The van der Waals surface area contributed by atoms with E-state index in [0.717, 1.165) is 11.3 Å². The largest absolute Gasteiger partial charge is 0.496 e. The number of fused-ring (bicyclic) bond motifs is 1. The first kappa shape index (κ1) is 21.6. The molecule has 0 saturated carbocycles. The van der Waals surface area contributed by atoms with Gasteiger partial charge in [0.1, 0.15) is 5.75 Å². The Balaban J connectivity index is 1.58. The molecule has 3 rings (SSSR count). The van der Waals surface area contributed by atoms with Gasteiger partial charge in [0, 0.05) is 23.5 Å². The summed E-state index contributed by atoms with van der Waals surface area (Å²) < 4.78 is 6.83. The van der Waals surface area contributed by atoms with Gasteiger partial charge in [-0.25, -0.2) is 9.50 Å². The van der Waals surface area contributed by atoms with Gasteiger partial charge in [-0.3, -0.25) is 9.59 Å². The van der Waals surface area contributed by atoms with Gasteiger partial charge < -0.3 is 15.2 Å². The van der Waals surface area contributed by atoms with E-state index in [9.17, 15) is 9.59 Å². The van der Waals surface area contributed by atoms with Crippen molar-refractivity contribution in [3.05, 3.63) is 46.8 Å². The molecule has 2 N–H and O–H groups in total. The third-order valence-corrected chi connectivity index (χ3v) is 5.44. The van der Waals surface area contributed by atoms with Crippen molar-refractivity contribution in [2.75, 3.05) is 19.4 Å². The Labute approximate surface area is 177 Å². The third-order valence-electron chi connectivity index (χ3n) is 4.60. The molecule has 3 aromatic rings. The lowest BCUT2D eigenvalue weighted by molar-refractivity contribution is -0.136. The van der Waals surface area contributed by atoms with Crippen LogP contribution in [-0.2, 0) is 22.4 Å². The van der Waals surface area contributed by atoms with Crippen LogP contribution in [-0.4, -0.2) is 56.0 Å². The number of carboxylic acids is 1. The summed E-state index contributed by atoms with van der Waals surface area (Å²) in [6.07, 6.45) is 0.541. The van der Waals surface area contributed by atoms with Crippen LogP contribution < -0.4 is 10.1 Å². The highest BCUT2D eigenvalue weighted by atomic mass is 32.2. The van der Waals surface area contributed by atoms with E-state index in [1.54, 1.807) is 21.0 Å². The maximum absolute atomic E-state index is 12.2. The molecule has 0 aliphatic carbocycles. The van der Waals surface area contributed by atoms with Gasteiger partial charge in [0.05, 0.1) is 19.3 Å². The molecule has 1 amide bonds. The number of nitrogens with zero attached hydrogens (tertiary/aromatic N) is 4.